The molecule has 0 amide bonds. The van der Waals surface area contributed by atoms with E-state index in [1.165, 1.54) is 0 Å². The molecule has 0 aromatic rings. The first-order valence-electron chi connectivity index (χ1n) is 23.2. The van der Waals surface area contributed by atoms with Crippen LogP contribution < -0.4 is 0 Å². The van der Waals surface area contributed by atoms with Crippen LogP contribution >= 0.6 is 39.7 Å². The van der Waals surface area contributed by atoms with Gasteiger partial charge in [0, 0.05) is 0 Å². The van der Waals surface area contributed by atoms with E-state index in [-0.39, 0.29) is 6.42 Å². The first kappa shape index (κ1) is 58.4. The second kappa shape index (κ2) is 21.5. The van der Waals surface area contributed by atoms with Crippen LogP contribution in [-0.4, -0.2) is 302 Å². The van der Waals surface area contributed by atoms with E-state index < -0.39 is 68.3 Å². The Morgan fingerprint density at radius 2 is 0.591 bits per heavy atom. The van der Waals surface area contributed by atoms with Gasteiger partial charge in [-0.25, -0.2) is 0 Å². The van der Waals surface area contributed by atoms with E-state index in [0.717, 1.165) is 72.1 Å². The van der Waals surface area contributed by atoms with Crippen molar-refractivity contribution in [1.82, 2.24) is 57.9 Å². The fourth-order valence-corrected chi connectivity index (χ4v) is 27.1. The monoisotopic (exact) mass is 1020 g/mol. The average molecular weight is 1020 g/mol. The van der Waals surface area contributed by atoms with E-state index in [1.807, 2.05) is 6.92 Å². The van der Waals surface area contributed by atoms with Gasteiger partial charge in [0.25, 0.3) is 0 Å². The molecule has 66 heavy (non-hydrogen) atoms. The molecule has 4 unspecified atom stereocenters. The van der Waals surface area contributed by atoms with Gasteiger partial charge in [0.1, 0.15) is 0 Å². The van der Waals surface area contributed by atoms with Crippen LogP contribution in [0.2, 0.25) is 0 Å². The van der Waals surface area contributed by atoms with Gasteiger partial charge in [0.15, 0.2) is 0 Å². The van der Waals surface area contributed by atoms with Crippen LogP contribution in [0.25, 0.3) is 0 Å². The Kier molecular flexibility index (Phi) is 19.0. The Morgan fingerprint density at radius 3 is 0.727 bits per heavy atom. The molecule has 0 spiro atoms. The summed E-state index contributed by atoms with van der Waals surface area (Å²) < 4.78 is 42.9. The molecule has 4 aliphatic rings. The molecule has 0 bridgehead atoms. The van der Waals surface area contributed by atoms with Crippen molar-refractivity contribution in [2.75, 3.05) is 194 Å². The fraction of sp³-hybridized carbons (Fsp3) is 0.884. The Labute approximate surface area is 407 Å². The molecule has 0 N–H and O–H groups in total. The summed E-state index contributed by atoms with van der Waals surface area (Å²) in [7, 11) is 42.0. The molecule has 4 rings (SSSR count). The van der Waals surface area contributed by atoms with Crippen LogP contribution in [0, 0.1) is 0 Å². The van der Waals surface area contributed by atoms with E-state index >= 15 is 4.79 Å². The van der Waals surface area contributed by atoms with Crippen molar-refractivity contribution in [2.45, 2.75) is 61.7 Å². The van der Waals surface area contributed by atoms with Crippen molar-refractivity contribution < 1.29 is 9.32 Å². The summed E-state index contributed by atoms with van der Waals surface area (Å²) in [5.41, 5.74) is 1.09. The van der Waals surface area contributed by atoms with Crippen LogP contribution in [0.3, 0.4) is 0 Å². The van der Waals surface area contributed by atoms with Gasteiger partial charge in [-0.3, -0.25) is 0 Å². The Morgan fingerprint density at radius 1 is 0.409 bits per heavy atom. The molecule has 0 aromatic heterocycles. The molecule has 4 saturated heterocycles. The predicted molar refractivity (Wildman–Crippen MR) is 294 cm³/mol. The first-order valence-corrected chi connectivity index (χ1v) is 31.1. The van der Waals surface area contributed by atoms with Gasteiger partial charge in [-0.15, -0.1) is 0 Å². The van der Waals surface area contributed by atoms with Crippen LogP contribution in [0.5, 0.6) is 0 Å². The molecule has 0 radical (unpaired) electrons. The summed E-state index contributed by atoms with van der Waals surface area (Å²) in [6, 6.07) is 0. The molecule has 0 aliphatic carbocycles. The maximum absolute atomic E-state index is 15.3. The van der Waals surface area contributed by atoms with Gasteiger partial charge in [0.2, 0.25) is 0 Å². The van der Waals surface area contributed by atoms with Gasteiger partial charge >= 0.3 is 409 Å². The number of rotatable bonds is 18. The molecule has 18 nitrogen and oxygen atoms in total. The Bertz CT molecular complexity index is 1570. The third-order valence-corrected chi connectivity index (χ3v) is 28.2. The van der Waals surface area contributed by atoms with Crippen molar-refractivity contribution in [3.8, 4) is 0 Å². The summed E-state index contributed by atoms with van der Waals surface area (Å²) in [6.45, 7) is 1.88. The molecule has 4 fully saturated rings. The minimum absolute atomic E-state index is 0.108. The summed E-state index contributed by atoms with van der Waals surface area (Å²) in [5, 5.41) is 0. The van der Waals surface area contributed by atoms with Gasteiger partial charge in [0.05, 0.1) is 0 Å². The number of carbonyl (C=O) groups excluding carboxylic acids is 1. The SMILES string of the molecule is CCC(=O)OP(N=C1P(N(C)C)CCC1(N(C)C)N(C)C)(N=C1P(N(C)C)CCC1(N(C)C)N(C)C)(N=C1P(N(C)C)CCC1(N(C)C)N(C)C)N=C1P(N(C)C)CCC1(N(C)C)N(C)C. The number of carbonyl (C=O) groups is 1. The molecule has 4 heterocycles. The quantitative estimate of drug-likeness (QED) is 0.129. The zero-order valence-electron chi connectivity index (χ0n) is 46.1. The van der Waals surface area contributed by atoms with Crippen LogP contribution in [-0.2, 0) is 9.32 Å². The van der Waals surface area contributed by atoms with E-state index in [1.54, 1.807) is 0 Å². The van der Waals surface area contributed by atoms with E-state index in [2.05, 4.69) is 227 Å². The van der Waals surface area contributed by atoms with Crippen LogP contribution in [0.1, 0.15) is 39.0 Å². The molecule has 0 saturated carbocycles. The van der Waals surface area contributed by atoms with Crippen molar-refractivity contribution in [2.24, 2.45) is 19.1 Å². The first-order chi connectivity index (χ1) is 30.3. The summed E-state index contributed by atoms with van der Waals surface area (Å²) >= 11 is 0. The third kappa shape index (κ3) is 9.86. The molecular formula is C43H93N16O2P5. The molecule has 4 atom stereocenters. The van der Waals surface area contributed by atoms with Crippen LogP contribution in [0.15, 0.2) is 19.1 Å². The van der Waals surface area contributed by atoms with Gasteiger partial charge in [-0.2, -0.15) is 0 Å². The zero-order valence-corrected chi connectivity index (χ0v) is 50.5. The minimum atomic E-state index is -5.58. The van der Waals surface area contributed by atoms with Gasteiger partial charge in [-0.1, -0.05) is 0 Å². The summed E-state index contributed by atoms with van der Waals surface area (Å²) in [6.07, 6.45) is 6.99. The van der Waals surface area contributed by atoms with Crippen molar-refractivity contribution in [3.63, 3.8) is 0 Å². The second-order valence-corrected chi connectivity index (χ2v) is 33.3. The van der Waals surface area contributed by atoms with Crippen LogP contribution in [0.4, 0.5) is 0 Å². The van der Waals surface area contributed by atoms with Crippen molar-refractivity contribution >= 4 is 67.5 Å². The Hall–Kier alpha value is -0.180. The topological polar surface area (TPSA) is 115 Å². The normalized spacial score (nSPS) is 28.8. The van der Waals surface area contributed by atoms with Gasteiger partial charge in [-0.05, 0) is 0 Å². The maximum atomic E-state index is 15.3. The van der Waals surface area contributed by atoms with Crippen molar-refractivity contribution in [3.05, 3.63) is 0 Å². The molecular weight excluding hydrogens is 927 g/mol. The molecule has 382 valence electrons. The summed E-state index contributed by atoms with van der Waals surface area (Å²) in [5.74, 6) is -0.407. The average Bonchev–Trinajstić information content (AvgIpc) is 3.96. The molecule has 23 heteroatoms. The van der Waals surface area contributed by atoms with Gasteiger partial charge < -0.3 is 0 Å². The van der Waals surface area contributed by atoms with Crippen molar-refractivity contribution in [1.29, 1.82) is 0 Å². The second-order valence-electron chi connectivity index (χ2n) is 20.7. The zero-order chi connectivity index (χ0) is 50.5. The standard InChI is InChI=1S/C43H93N16O2P5/c1-26-35(60)61-66(44-36-40(48(2)3,49(4)5)27-31-62(36)56(18)19,45-37-41(50(6)7,51(8)9)28-32-63(37)57(20)21,46-38-42(52(10)11,53(12)13)29-33-64(38)58(22)23)47-39-43(54(14)15,55(16)17)30-34-65(39)59(24)25/h26-34H2,1-25H3. The summed E-state index contributed by atoms with van der Waals surface area (Å²) in [4.78, 5) is 33.8. The predicted octanol–water partition coefficient (Wildman–Crippen LogP) is 5.39. The van der Waals surface area contributed by atoms with E-state index in [9.17, 15) is 0 Å². The third-order valence-electron chi connectivity index (χ3n) is 14.6. The Balaban J connectivity index is 2.73. The molecule has 4 aliphatic heterocycles. The number of hydrogen-bond acceptors (Lipinski definition) is 18. The molecule has 0 aromatic carbocycles. The van der Waals surface area contributed by atoms with E-state index in [4.69, 9.17) is 23.6 Å². The van der Waals surface area contributed by atoms with E-state index in [0.29, 0.717) is 0 Å². The number of hydrogen-bond donors (Lipinski definition) is 0. The number of nitrogens with zero attached hydrogens (tertiary/aromatic N) is 16. The fourth-order valence-electron chi connectivity index (χ4n) is 10.9.